The van der Waals surface area contributed by atoms with E-state index in [1.807, 2.05) is 23.0 Å². The monoisotopic (exact) mass is 648 g/mol. The van der Waals surface area contributed by atoms with E-state index < -0.39 is 5.79 Å². The number of ether oxygens (including phenoxy) is 3. The fourth-order valence-electron chi connectivity index (χ4n) is 8.00. The number of hydrogen-bond acceptors (Lipinski definition) is 9. The molecule has 10 heteroatoms. The molecular formula is C37H52N4O6. The Morgan fingerprint density at radius 3 is 2.60 bits per heavy atom. The predicted octanol–water partition coefficient (Wildman–Crippen LogP) is 6.32. The maximum atomic E-state index is 9.78. The van der Waals surface area contributed by atoms with Crippen LogP contribution in [0.25, 0.3) is 0 Å². The Bertz CT molecular complexity index is 1400. The zero-order valence-electron chi connectivity index (χ0n) is 28.1. The topological polar surface area (TPSA) is 120 Å². The number of unbranched alkanes of at least 4 members (excludes halogenated alkanes) is 3. The fourth-order valence-corrected chi connectivity index (χ4v) is 8.00. The lowest BCUT2D eigenvalue weighted by Gasteiger charge is -2.58. The summed E-state index contributed by atoms with van der Waals surface area (Å²) in [6.07, 6.45) is 16.2. The van der Waals surface area contributed by atoms with Gasteiger partial charge in [0.15, 0.2) is 0 Å². The Hall–Kier alpha value is -3.47. The molecule has 0 spiro atoms. The molecule has 2 aliphatic carbocycles. The van der Waals surface area contributed by atoms with E-state index in [0.717, 1.165) is 91.8 Å². The quantitative estimate of drug-likeness (QED) is 0.103. The normalized spacial score (nSPS) is 26.9. The molecule has 1 aliphatic heterocycles. The van der Waals surface area contributed by atoms with Crippen molar-refractivity contribution in [1.29, 1.82) is 0 Å². The summed E-state index contributed by atoms with van der Waals surface area (Å²) in [5.41, 5.74) is 4.03. The molecule has 0 radical (unpaired) electrons. The van der Waals surface area contributed by atoms with E-state index in [1.54, 1.807) is 19.3 Å². The first-order valence-electron chi connectivity index (χ1n) is 17.3. The van der Waals surface area contributed by atoms with E-state index in [0.29, 0.717) is 13.0 Å². The van der Waals surface area contributed by atoms with Gasteiger partial charge in [-0.3, -0.25) is 0 Å². The summed E-state index contributed by atoms with van der Waals surface area (Å²) in [7, 11) is 1.59. The summed E-state index contributed by atoms with van der Waals surface area (Å²) < 4.78 is 22.2. The van der Waals surface area contributed by atoms with Gasteiger partial charge in [0.1, 0.15) is 31.3 Å². The number of rotatable bonds is 19. The molecule has 2 heterocycles. The minimum Gasteiger partial charge on any atom is -0.490 e. The van der Waals surface area contributed by atoms with E-state index >= 15 is 0 Å². The number of benzene rings is 1. The molecule has 2 N–H and O–H groups in total. The number of allylic oxidation sites excluding steroid dienone is 1. The van der Waals surface area contributed by atoms with E-state index in [1.165, 1.54) is 0 Å². The number of hydrogen-bond donors (Lipinski definition) is 2. The van der Waals surface area contributed by atoms with Gasteiger partial charge < -0.3 is 29.3 Å². The van der Waals surface area contributed by atoms with Crippen LogP contribution in [0.5, 0.6) is 11.5 Å². The van der Waals surface area contributed by atoms with Crippen molar-refractivity contribution in [2.24, 2.45) is 22.9 Å². The lowest BCUT2D eigenvalue weighted by atomic mass is 9.55. The maximum absolute atomic E-state index is 9.78. The number of oxime groups is 1. The minimum absolute atomic E-state index is 0.0267. The minimum atomic E-state index is -1.14. The third-order valence-electron chi connectivity index (χ3n) is 9.94. The van der Waals surface area contributed by atoms with E-state index in [-0.39, 0.29) is 49.5 Å². The molecule has 10 nitrogen and oxygen atoms in total. The standard InChI is InChI=1S/C37H52N4O6/c1-5-8-14-27-25-38-40-41(27)34-24-32(39-44-4)30-22-26(13-9-11-18-42)29(15-10-12-19-43)35-31-23-28(45-20-6-2)16-17-33(31)47-37(34,36(30)35)46-21-7-3/h6-7,16-17,22-23,25-26,29,34-36,42-43H,2-3,5,8-15,18-21,24H2,1,4H3. The van der Waals surface area contributed by atoms with Crippen LogP contribution in [0.2, 0.25) is 0 Å². The number of aliphatic hydroxyl groups excluding tert-OH is 2. The molecule has 2 aromatic rings. The lowest BCUT2D eigenvalue weighted by molar-refractivity contribution is -0.252. The van der Waals surface area contributed by atoms with Crippen LogP contribution < -0.4 is 9.47 Å². The highest BCUT2D eigenvalue weighted by atomic mass is 16.7. The Morgan fingerprint density at radius 1 is 1.09 bits per heavy atom. The molecule has 5 rings (SSSR count). The molecule has 1 fully saturated rings. The molecule has 1 aromatic carbocycles. The molecule has 256 valence electrons. The molecule has 3 aliphatic rings. The molecule has 1 aromatic heterocycles. The summed E-state index contributed by atoms with van der Waals surface area (Å²) >= 11 is 0. The van der Waals surface area contributed by atoms with Crippen LogP contribution in [-0.2, 0) is 16.0 Å². The van der Waals surface area contributed by atoms with Gasteiger partial charge in [-0.25, -0.2) is 4.68 Å². The summed E-state index contributed by atoms with van der Waals surface area (Å²) in [5.74, 6) is 0.503. The Balaban J connectivity index is 1.76. The van der Waals surface area contributed by atoms with Gasteiger partial charge in [0.2, 0.25) is 5.79 Å². The van der Waals surface area contributed by atoms with Gasteiger partial charge in [0, 0.05) is 31.1 Å². The van der Waals surface area contributed by atoms with E-state index in [4.69, 9.17) is 19.0 Å². The van der Waals surface area contributed by atoms with Crippen molar-refractivity contribution in [3.8, 4) is 11.5 Å². The Morgan fingerprint density at radius 2 is 1.87 bits per heavy atom. The Labute approximate surface area is 279 Å². The van der Waals surface area contributed by atoms with Crippen LogP contribution in [0.1, 0.15) is 87.9 Å². The summed E-state index contributed by atoms with van der Waals surface area (Å²) in [5, 5.41) is 33.1. The molecular weight excluding hydrogens is 596 g/mol. The highest BCUT2D eigenvalue weighted by Crippen LogP contribution is 2.63. The van der Waals surface area contributed by atoms with E-state index in [9.17, 15) is 10.2 Å². The van der Waals surface area contributed by atoms with Crippen molar-refractivity contribution in [2.45, 2.75) is 88.9 Å². The largest absolute Gasteiger partial charge is 0.490 e. The van der Waals surface area contributed by atoms with Gasteiger partial charge in [-0.15, -0.1) is 11.7 Å². The van der Waals surface area contributed by atoms with Gasteiger partial charge >= 0.3 is 0 Å². The Kier molecular flexibility index (Phi) is 12.3. The van der Waals surface area contributed by atoms with Gasteiger partial charge in [-0.2, -0.15) is 0 Å². The number of aryl methyl sites for hydroxylation is 1. The first kappa shape index (κ1) is 34.9. The average molecular weight is 649 g/mol. The van der Waals surface area contributed by atoms with Crippen LogP contribution in [-0.4, -0.2) is 70.2 Å². The number of aliphatic hydroxyl groups is 2. The maximum Gasteiger partial charge on any atom is 0.241 e. The van der Waals surface area contributed by atoms with Gasteiger partial charge in [0.05, 0.1) is 30.1 Å². The van der Waals surface area contributed by atoms with Crippen molar-refractivity contribution in [3.05, 3.63) is 72.6 Å². The van der Waals surface area contributed by atoms with Crippen LogP contribution in [0.4, 0.5) is 0 Å². The zero-order valence-corrected chi connectivity index (χ0v) is 28.1. The van der Waals surface area contributed by atoms with Crippen molar-refractivity contribution >= 4 is 5.71 Å². The van der Waals surface area contributed by atoms with Crippen LogP contribution in [0.3, 0.4) is 0 Å². The average Bonchev–Trinajstić information content (AvgIpc) is 3.55. The number of fused-ring (bicyclic) bond motifs is 2. The second-order valence-corrected chi connectivity index (χ2v) is 12.8. The molecule has 0 saturated heterocycles. The van der Waals surface area contributed by atoms with Gasteiger partial charge in [0.25, 0.3) is 0 Å². The highest BCUT2D eigenvalue weighted by molar-refractivity contribution is 6.02. The smallest absolute Gasteiger partial charge is 0.241 e. The molecule has 0 bridgehead atoms. The highest BCUT2D eigenvalue weighted by Gasteiger charge is 2.65. The molecule has 1 saturated carbocycles. The van der Waals surface area contributed by atoms with Crippen molar-refractivity contribution < 1.29 is 29.3 Å². The molecule has 47 heavy (non-hydrogen) atoms. The van der Waals surface area contributed by atoms with Gasteiger partial charge in [-0.05, 0) is 74.1 Å². The van der Waals surface area contributed by atoms with Crippen LogP contribution >= 0.6 is 0 Å². The summed E-state index contributed by atoms with van der Waals surface area (Å²) in [4.78, 5) is 5.51. The summed E-state index contributed by atoms with van der Waals surface area (Å²) in [6.45, 7) is 11.0. The van der Waals surface area contributed by atoms with Crippen molar-refractivity contribution in [2.75, 3.05) is 33.5 Å². The fraction of sp³-hybridized carbons (Fsp3) is 0.595. The third kappa shape index (κ3) is 7.20. The van der Waals surface area contributed by atoms with Crippen molar-refractivity contribution in [1.82, 2.24) is 15.0 Å². The van der Waals surface area contributed by atoms with Crippen LogP contribution in [0, 0.1) is 17.8 Å². The third-order valence-corrected chi connectivity index (χ3v) is 9.94. The first-order valence-corrected chi connectivity index (χ1v) is 17.3. The SMILES string of the molecule is C=CCOc1ccc2c(c1)C1C(CCCCO)C(CCCCO)C=C3C(=NOC)CC(n4nncc4CCCC)C(OCC=C)(O2)C31. The molecule has 0 amide bonds. The number of nitrogens with zero attached hydrogens (tertiary/aromatic N) is 4. The molecule has 6 unspecified atom stereocenters. The van der Waals surface area contributed by atoms with E-state index in [2.05, 4.69) is 47.7 Å². The molecule has 6 atom stereocenters. The second-order valence-electron chi connectivity index (χ2n) is 12.8. The van der Waals surface area contributed by atoms with Crippen molar-refractivity contribution in [3.63, 3.8) is 0 Å². The second kappa shape index (κ2) is 16.6. The van der Waals surface area contributed by atoms with Crippen LogP contribution in [0.15, 0.2) is 66.5 Å². The summed E-state index contributed by atoms with van der Waals surface area (Å²) in [6, 6.07) is 5.68. The zero-order chi connectivity index (χ0) is 33.2. The van der Waals surface area contributed by atoms with Gasteiger partial charge in [-0.1, -0.05) is 61.4 Å². The number of aromatic nitrogens is 3. The first-order chi connectivity index (χ1) is 23.1. The lowest BCUT2D eigenvalue weighted by Crippen LogP contribution is -2.63. The predicted molar refractivity (Wildman–Crippen MR) is 182 cm³/mol.